The van der Waals surface area contributed by atoms with Crippen molar-refractivity contribution in [2.45, 2.75) is 0 Å². The fourth-order valence-electron chi connectivity index (χ4n) is 2.19. The van der Waals surface area contributed by atoms with Gasteiger partial charge in [-0.2, -0.15) is 0 Å². The van der Waals surface area contributed by atoms with E-state index in [9.17, 15) is 4.79 Å². The summed E-state index contributed by atoms with van der Waals surface area (Å²) in [5.74, 6) is 0. The Morgan fingerprint density at radius 3 is 2.52 bits per heavy atom. The minimum Gasteiger partial charge on any atom is -0.464 e. The molecule has 21 heavy (non-hydrogen) atoms. The molecule has 0 fully saturated rings. The lowest BCUT2D eigenvalue weighted by molar-refractivity contribution is 0.112. The highest BCUT2D eigenvalue weighted by Crippen LogP contribution is 2.20. The number of anilines is 1. The van der Waals surface area contributed by atoms with E-state index in [1.54, 1.807) is 12.3 Å². The number of aldehydes is 1. The first-order valence-electron chi connectivity index (χ1n) is 6.51. The number of nitrogens with one attached hydrogen (secondary N) is 1. The predicted octanol–water partition coefficient (Wildman–Crippen LogP) is 3.91. The number of furan rings is 1. The maximum atomic E-state index is 10.9. The van der Waals surface area contributed by atoms with Crippen molar-refractivity contribution in [1.29, 1.82) is 0 Å². The van der Waals surface area contributed by atoms with Crippen molar-refractivity contribution in [2.75, 3.05) is 5.23 Å². The van der Waals surface area contributed by atoms with Crippen LogP contribution >= 0.6 is 0 Å². The number of benzene rings is 2. The third-order valence-electron chi connectivity index (χ3n) is 3.30. The Bertz CT molecular complexity index is 821. The van der Waals surface area contributed by atoms with Crippen molar-refractivity contribution in [1.82, 2.24) is 0 Å². The van der Waals surface area contributed by atoms with E-state index in [1.165, 1.54) is 0 Å². The Labute approximate surface area is 123 Å². The first-order chi connectivity index (χ1) is 10.3. The molecule has 0 saturated carbocycles. The molecule has 2 radical (unpaired) electrons. The van der Waals surface area contributed by atoms with E-state index in [2.05, 4.69) is 11.3 Å². The van der Waals surface area contributed by atoms with Gasteiger partial charge in [-0.1, -0.05) is 24.3 Å². The largest absolute Gasteiger partial charge is 0.464 e. The zero-order valence-corrected chi connectivity index (χ0v) is 11.2. The summed E-state index contributed by atoms with van der Waals surface area (Å²) < 4.78 is 5.31. The highest BCUT2D eigenvalue weighted by atomic mass is 16.3. The van der Waals surface area contributed by atoms with Gasteiger partial charge >= 0.3 is 0 Å². The van der Waals surface area contributed by atoms with Crippen LogP contribution in [0.4, 0.5) is 5.69 Å². The summed E-state index contributed by atoms with van der Waals surface area (Å²) >= 11 is 0. The van der Waals surface area contributed by atoms with E-state index in [0.29, 0.717) is 11.3 Å². The van der Waals surface area contributed by atoms with Crippen LogP contribution in [0.2, 0.25) is 0 Å². The Kier molecular flexibility index (Phi) is 3.60. The van der Waals surface area contributed by atoms with Gasteiger partial charge in [0.2, 0.25) is 7.98 Å². The molecule has 0 amide bonds. The lowest BCUT2D eigenvalue weighted by Gasteiger charge is -2.05. The molecule has 3 nitrogen and oxygen atoms in total. The molecule has 0 atom stereocenters. The minimum atomic E-state index is 0.537. The highest BCUT2D eigenvalue weighted by molar-refractivity contribution is 6.17. The highest BCUT2D eigenvalue weighted by Gasteiger charge is 2.00. The molecule has 0 aliphatic heterocycles. The van der Waals surface area contributed by atoms with Gasteiger partial charge in [0.1, 0.15) is 5.58 Å². The van der Waals surface area contributed by atoms with Crippen molar-refractivity contribution in [3.63, 3.8) is 0 Å². The number of hydrogen-bond acceptors (Lipinski definition) is 3. The second-order valence-corrected chi connectivity index (χ2v) is 4.66. The molecule has 0 aliphatic carbocycles. The fraction of sp³-hybridized carbons (Fsp3) is 0. The van der Waals surface area contributed by atoms with Crippen molar-refractivity contribution in [3.8, 4) is 0 Å². The van der Waals surface area contributed by atoms with Gasteiger partial charge in [-0.15, -0.1) is 0 Å². The standard InChI is InChI=1S/C17H12BNO2/c18-19-16-10-13(3-5-15(16)11-20)2-1-12-4-6-17-14(9-12)7-8-21-17/h1-11,19H/b2-1+. The first kappa shape index (κ1) is 13.2. The van der Waals surface area contributed by atoms with Crippen LogP contribution in [0.3, 0.4) is 0 Å². The molecular weight excluding hydrogens is 261 g/mol. The van der Waals surface area contributed by atoms with Gasteiger partial charge in [0.15, 0.2) is 6.29 Å². The summed E-state index contributed by atoms with van der Waals surface area (Å²) in [5, 5.41) is 3.60. The molecule has 3 aromatic rings. The Balaban J connectivity index is 1.89. The second kappa shape index (κ2) is 5.71. The molecule has 100 valence electrons. The van der Waals surface area contributed by atoms with Crippen LogP contribution in [0.5, 0.6) is 0 Å². The smallest absolute Gasteiger partial charge is 0.222 e. The maximum Gasteiger partial charge on any atom is 0.222 e. The summed E-state index contributed by atoms with van der Waals surface area (Å²) in [4.78, 5) is 10.9. The molecule has 2 aromatic carbocycles. The van der Waals surface area contributed by atoms with Crippen LogP contribution < -0.4 is 5.23 Å². The lowest BCUT2D eigenvalue weighted by atomic mass is 10.1. The van der Waals surface area contributed by atoms with Gasteiger partial charge in [0.25, 0.3) is 0 Å². The van der Waals surface area contributed by atoms with Gasteiger partial charge in [-0.05, 0) is 41.5 Å². The average Bonchev–Trinajstić information content (AvgIpc) is 3.00. The zero-order chi connectivity index (χ0) is 14.7. The van der Waals surface area contributed by atoms with Gasteiger partial charge in [-0.3, -0.25) is 4.79 Å². The molecule has 0 bridgehead atoms. The van der Waals surface area contributed by atoms with Crippen molar-refractivity contribution < 1.29 is 9.21 Å². The molecule has 1 N–H and O–H groups in total. The molecule has 0 aliphatic rings. The fourth-order valence-corrected chi connectivity index (χ4v) is 2.19. The molecule has 0 spiro atoms. The van der Waals surface area contributed by atoms with Crippen LogP contribution in [0, 0.1) is 0 Å². The normalized spacial score (nSPS) is 11.0. The third-order valence-corrected chi connectivity index (χ3v) is 3.30. The van der Waals surface area contributed by atoms with Crippen molar-refractivity contribution in [3.05, 3.63) is 65.4 Å². The quantitative estimate of drug-likeness (QED) is 0.445. The van der Waals surface area contributed by atoms with E-state index < -0.39 is 0 Å². The molecule has 1 heterocycles. The Morgan fingerprint density at radius 2 is 1.76 bits per heavy atom. The van der Waals surface area contributed by atoms with Gasteiger partial charge in [-0.25, -0.2) is 0 Å². The number of hydrogen-bond donors (Lipinski definition) is 1. The summed E-state index contributed by atoms with van der Waals surface area (Å²) in [5.41, 5.74) is 4.05. The number of fused-ring (bicyclic) bond motifs is 1. The number of carbonyl (C=O) groups excluding carboxylic acids is 1. The predicted molar refractivity (Wildman–Crippen MR) is 86.3 cm³/mol. The van der Waals surface area contributed by atoms with Crippen LogP contribution in [0.1, 0.15) is 21.5 Å². The van der Waals surface area contributed by atoms with E-state index in [1.807, 2.05) is 42.5 Å². The summed E-state index contributed by atoms with van der Waals surface area (Å²) in [6, 6.07) is 13.4. The third kappa shape index (κ3) is 2.74. The van der Waals surface area contributed by atoms with E-state index in [-0.39, 0.29) is 0 Å². The SMILES string of the molecule is [B]Nc1cc(/C=C/c2ccc3occc3c2)ccc1C=O. The zero-order valence-electron chi connectivity index (χ0n) is 11.2. The Morgan fingerprint density at radius 1 is 1.00 bits per heavy atom. The molecule has 4 heteroatoms. The van der Waals surface area contributed by atoms with Crippen LogP contribution in [0.15, 0.2) is 53.1 Å². The van der Waals surface area contributed by atoms with Crippen LogP contribution in [0.25, 0.3) is 23.1 Å². The van der Waals surface area contributed by atoms with E-state index in [4.69, 9.17) is 12.4 Å². The lowest BCUT2D eigenvalue weighted by Crippen LogP contribution is -1.96. The first-order valence-corrected chi connectivity index (χ1v) is 6.51. The maximum absolute atomic E-state index is 10.9. The monoisotopic (exact) mass is 273 g/mol. The molecule has 0 saturated heterocycles. The number of carbonyl (C=O) groups is 1. The van der Waals surface area contributed by atoms with Crippen LogP contribution in [-0.2, 0) is 0 Å². The molecule has 0 unspecified atom stereocenters. The Hall–Kier alpha value is -2.75. The minimum absolute atomic E-state index is 0.537. The van der Waals surface area contributed by atoms with Gasteiger partial charge < -0.3 is 9.64 Å². The molecular formula is C17H12BNO2. The second-order valence-electron chi connectivity index (χ2n) is 4.66. The average molecular weight is 273 g/mol. The topological polar surface area (TPSA) is 42.2 Å². The van der Waals surface area contributed by atoms with E-state index in [0.717, 1.165) is 28.4 Å². The summed E-state index contributed by atoms with van der Waals surface area (Å²) in [7, 11) is 5.41. The summed E-state index contributed by atoms with van der Waals surface area (Å²) in [6.07, 6.45) is 6.42. The molecule has 3 rings (SSSR count). The van der Waals surface area contributed by atoms with Crippen LogP contribution in [-0.4, -0.2) is 14.3 Å². The number of rotatable bonds is 4. The van der Waals surface area contributed by atoms with Gasteiger partial charge in [0, 0.05) is 16.6 Å². The van der Waals surface area contributed by atoms with Crippen molar-refractivity contribution in [2.24, 2.45) is 0 Å². The summed E-state index contributed by atoms with van der Waals surface area (Å²) in [6.45, 7) is 0. The van der Waals surface area contributed by atoms with Gasteiger partial charge in [0.05, 0.1) is 6.26 Å². The van der Waals surface area contributed by atoms with E-state index >= 15 is 0 Å². The van der Waals surface area contributed by atoms with Crippen molar-refractivity contribution >= 4 is 43.1 Å². The molecule has 1 aromatic heterocycles.